The molecule has 116 valence electrons. The van der Waals surface area contributed by atoms with Crippen LogP contribution in [0.1, 0.15) is 87.5 Å². The van der Waals surface area contributed by atoms with E-state index < -0.39 is 0 Å². The number of rotatable bonds is 4. The maximum atomic E-state index is 5.12. The second-order valence-electron chi connectivity index (χ2n) is 7.52. The maximum Gasteiger partial charge on any atom is 0.112 e. The van der Waals surface area contributed by atoms with Crippen molar-refractivity contribution < 1.29 is 0 Å². The van der Waals surface area contributed by atoms with E-state index >= 15 is 0 Å². The molecule has 3 heteroatoms. The summed E-state index contributed by atoms with van der Waals surface area (Å²) in [6, 6.07) is 0.656. The summed E-state index contributed by atoms with van der Waals surface area (Å²) in [6.45, 7) is 4.55. The smallest absolute Gasteiger partial charge is 0.112 e. The first kappa shape index (κ1) is 13.8. The van der Waals surface area contributed by atoms with Gasteiger partial charge in [0.25, 0.3) is 0 Å². The van der Waals surface area contributed by atoms with Gasteiger partial charge in [-0.3, -0.25) is 0 Å². The molecule has 1 atom stereocenters. The molecule has 1 aromatic rings. The standard InChI is InChI=1S/C18H29N3/c1-13(11-14-7-8-14)21-17-9-10-19-12-16(17)20-18(21)15-5-3-2-4-6-15/h13-15,19H,2-12H2,1H3. The van der Waals surface area contributed by atoms with E-state index in [4.69, 9.17) is 4.98 Å². The van der Waals surface area contributed by atoms with Gasteiger partial charge in [0.2, 0.25) is 0 Å². The number of imidazole rings is 1. The van der Waals surface area contributed by atoms with Gasteiger partial charge < -0.3 is 9.88 Å². The van der Waals surface area contributed by atoms with E-state index in [-0.39, 0.29) is 0 Å². The van der Waals surface area contributed by atoms with Gasteiger partial charge in [-0.1, -0.05) is 32.1 Å². The van der Waals surface area contributed by atoms with Crippen molar-refractivity contribution in [3.8, 4) is 0 Å². The topological polar surface area (TPSA) is 29.9 Å². The minimum Gasteiger partial charge on any atom is -0.329 e. The summed E-state index contributed by atoms with van der Waals surface area (Å²) in [4.78, 5) is 5.12. The SMILES string of the molecule is CC(CC1CC1)n1c(C2CCCCC2)nc2c1CCNC2. The van der Waals surface area contributed by atoms with Crippen LogP contribution in [0.4, 0.5) is 0 Å². The van der Waals surface area contributed by atoms with Crippen LogP contribution in [0.15, 0.2) is 0 Å². The fraction of sp³-hybridized carbons (Fsp3) is 0.833. The van der Waals surface area contributed by atoms with Gasteiger partial charge in [0.15, 0.2) is 0 Å². The summed E-state index contributed by atoms with van der Waals surface area (Å²) < 4.78 is 2.68. The van der Waals surface area contributed by atoms with Crippen LogP contribution in [0.3, 0.4) is 0 Å². The first-order valence-electron chi connectivity index (χ1n) is 9.13. The van der Waals surface area contributed by atoms with Crippen molar-refractivity contribution in [1.29, 1.82) is 0 Å². The van der Waals surface area contributed by atoms with Crippen LogP contribution in [-0.2, 0) is 13.0 Å². The summed E-state index contributed by atoms with van der Waals surface area (Å²) in [7, 11) is 0. The minimum absolute atomic E-state index is 0.656. The Kier molecular flexibility index (Phi) is 3.78. The first-order chi connectivity index (χ1) is 10.3. The van der Waals surface area contributed by atoms with Crippen molar-refractivity contribution in [2.45, 2.75) is 83.2 Å². The summed E-state index contributed by atoms with van der Waals surface area (Å²) in [5.41, 5.74) is 2.91. The summed E-state index contributed by atoms with van der Waals surface area (Å²) in [6.07, 6.45) is 12.4. The average Bonchev–Trinajstić information content (AvgIpc) is 3.24. The van der Waals surface area contributed by atoms with Crippen LogP contribution in [-0.4, -0.2) is 16.1 Å². The second kappa shape index (κ2) is 5.75. The Morgan fingerprint density at radius 1 is 1.19 bits per heavy atom. The Morgan fingerprint density at radius 3 is 2.76 bits per heavy atom. The van der Waals surface area contributed by atoms with Gasteiger partial charge in [-0.25, -0.2) is 4.98 Å². The van der Waals surface area contributed by atoms with Crippen LogP contribution >= 0.6 is 0 Å². The van der Waals surface area contributed by atoms with E-state index in [1.54, 1.807) is 5.69 Å². The van der Waals surface area contributed by atoms with Crippen LogP contribution in [0.5, 0.6) is 0 Å². The van der Waals surface area contributed by atoms with E-state index in [0.717, 1.165) is 24.9 Å². The van der Waals surface area contributed by atoms with Crippen molar-refractivity contribution in [3.05, 3.63) is 17.2 Å². The predicted molar refractivity (Wildman–Crippen MR) is 85.5 cm³/mol. The number of fused-ring (bicyclic) bond motifs is 1. The molecule has 1 aromatic heterocycles. The fourth-order valence-electron chi connectivity index (χ4n) is 4.44. The second-order valence-corrected chi connectivity index (χ2v) is 7.52. The molecule has 1 unspecified atom stereocenters. The van der Waals surface area contributed by atoms with E-state index in [9.17, 15) is 0 Å². The fourth-order valence-corrected chi connectivity index (χ4v) is 4.44. The Hall–Kier alpha value is -0.830. The Labute approximate surface area is 128 Å². The van der Waals surface area contributed by atoms with Crippen molar-refractivity contribution in [2.24, 2.45) is 5.92 Å². The van der Waals surface area contributed by atoms with Gasteiger partial charge >= 0.3 is 0 Å². The van der Waals surface area contributed by atoms with Crippen LogP contribution in [0, 0.1) is 5.92 Å². The van der Waals surface area contributed by atoms with E-state index in [1.807, 2.05) is 0 Å². The normalized spacial score (nSPS) is 24.8. The lowest BCUT2D eigenvalue weighted by Crippen LogP contribution is -2.26. The maximum absolute atomic E-state index is 5.12. The third kappa shape index (κ3) is 2.77. The molecule has 1 N–H and O–H groups in total. The molecule has 1 aliphatic heterocycles. The number of hydrogen-bond acceptors (Lipinski definition) is 2. The molecule has 0 saturated heterocycles. The summed E-state index contributed by atoms with van der Waals surface area (Å²) in [5.74, 6) is 3.17. The Morgan fingerprint density at radius 2 is 2.00 bits per heavy atom. The monoisotopic (exact) mass is 287 g/mol. The van der Waals surface area contributed by atoms with E-state index in [0.29, 0.717) is 6.04 Å². The van der Waals surface area contributed by atoms with Crippen molar-refractivity contribution >= 4 is 0 Å². The first-order valence-corrected chi connectivity index (χ1v) is 9.13. The molecular formula is C18H29N3. The van der Waals surface area contributed by atoms with Crippen LogP contribution in [0.25, 0.3) is 0 Å². The van der Waals surface area contributed by atoms with Crippen molar-refractivity contribution in [3.63, 3.8) is 0 Å². The molecule has 2 saturated carbocycles. The molecule has 3 aliphatic rings. The van der Waals surface area contributed by atoms with E-state index in [1.165, 1.54) is 69.3 Å². The lowest BCUT2D eigenvalue weighted by Gasteiger charge is -2.26. The summed E-state index contributed by atoms with van der Waals surface area (Å²) >= 11 is 0. The van der Waals surface area contributed by atoms with Crippen LogP contribution in [0.2, 0.25) is 0 Å². The predicted octanol–water partition coefficient (Wildman–Crippen LogP) is 3.94. The highest BCUT2D eigenvalue weighted by Crippen LogP contribution is 2.40. The summed E-state index contributed by atoms with van der Waals surface area (Å²) in [5, 5.41) is 3.50. The largest absolute Gasteiger partial charge is 0.329 e. The molecule has 2 heterocycles. The highest BCUT2D eigenvalue weighted by atomic mass is 15.1. The molecule has 4 rings (SSSR count). The molecular weight excluding hydrogens is 258 g/mol. The van der Waals surface area contributed by atoms with Gasteiger partial charge in [-0.05, 0) is 32.1 Å². The van der Waals surface area contributed by atoms with Gasteiger partial charge in [0.1, 0.15) is 5.82 Å². The molecule has 0 aromatic carbocycles. The average molecular weight is 287 g/mol. The van der Waals surface area contributed by atoms with Gasteiger partial charge in [0.05, 0.1) is 5.69 Å². The quantitative estimate of drug-likeness (QED) is 0.909. The van der Waals surface area contributed by atoms with Gasteiger partial charge in [0, 0.05) is 37.2 Å². The highest BCUT2D eigenvalue weighted by Gasteiger charge is 2.31. The molecule has 2 aliphatic carbocycles. The van der Waals surface area contributed by atoms with Crippen LogP contribution < -0.4 is 5.32 Å². The van der Waals surface area contributed by atoms with Crippen molar-refractivity contribution in [1.82, 2.24) is 14.9 Å². The molecule has 21 heavy (non-hydrogen) atoms. The number of hydrogen-bond donors (Lipinski definition) is 1. The molecule has 3 nitrogen and oxygen atoms in total. The van der Waals surface area contributed by atoms with E-state index in [2.05, 4.69) is 16.8 Å². The number of nitrogens with zero attached hydrogens (tertiary/aromatic N) is 2. The lowest BCUT2D eigenvalue weighted by molar-refractivity contribution is 0.383. The Balaban J connectivity index is 1.67. The number of nitrogens with one attached hydrogen (secondary N) is 1. The molecule has 2 fully saturated rings. The highest BCUT2D eigenvalue weighted by molar-refractivity contribution is 5.23. The third-order valence-electron chi connectivity index (χ3n) is 5.73. The molecule has 0 bridgehead atoms. The zero-order valence-electron chi connectivity index (χ0n) is 13.4. The lowest BCUT2D eigenvalue weighted by atomic mass is 9.88. The Bertz CT molecular complexity index is 495. The number of aromatic nitrogens is 2. The van der Waals surface area contributed by atoms with Gasteiger partial charge in [-0.15, -0.1) is 0 Å². The minimum atomic E-state index is 0.656. The zero-order chi connectivity index (χ0) is 14.2. The molecule has 0 amide bonds. The molecule has 0 radical (unpaired) electrons. The zero-order valence-corrected chi connectivity index (χ0v) is 13.4. The molecule has 0 spiro atoms. The van der Waals surface area contributed by atoms with Gasteiger partial charge in [-0.2, -0.15) is 0 Å². The van der Waals surface area contributed by atoms with Crippen molar-refractivity contribution in [2.75, 3.05) is 6.54 Å². The third-order valence-corrected chi connectivity index (χ3v) is 5.73.